The van der Waals surface area contributed by atoms with Crippen LogP contribution in [-0.2, 0) is 10.0 Å². The summed E-state index contributed by atoms with van der Waals surface area (Å²) in [5.74, 6) is -0.445. The van der Waals surface area contributed by atoms with Gasteiger partial charge in [-0.1, -0.05) is 13.8 Å². The number of halogens is 1. The first-order chi connectivity index (χ1) is 8.68. The van der Waals surface area contributed by atoms with Crippen LogP contribution in [0.5, 0.6) is 0 Å². The largest absolute Gasteiger partial charge is 0.330 e. The number of nitrogens with two attached hydrogens (primary N) is 1. The molecule has 6 heteroatoms. The first-order valence-corrected chi connectivity index (χ1v) is 7.62. The van der Waals surface area contributed by atoms with Crippen molar-refractivity contribution in [1.82, 2.24) is 4.72 Å². The Morgan fingerprint density at radius 2 is 2.00 bits per heavy atom. The Hall–Kier alpha value is -0.980. The molecule has 3 N–H and O–H groups in total. The molecule has 0 saturated heterocycles. The van der Waals surface area contributed by atoms with Gasteiger partial charge >= 0.3 is 0 Å². The Morgan fingerprint density at radius 3 is 2.53 bits per heavy atom. The molecule has 0 heterocycles. The fraction of sp³-hybridized carbons (Fsp3) is 0.538. The summed E-state index contributed by atoms with van der Waals surface area (Å²) in [6, 6.07) is 3.63. The number of hydrogen-bond donors (Lipinski definition) is 2. The highest BCUT2D eigenvalue weighted by atomic mass is 32.2. The standard InChI is InChI=1S/C13H21FN2O2S/c1-10-8-11(14)4-5-12(10)19(17,18)16-9-13(2,3)6-7-15/h4-5,8,16H,6-7,9,15H2,1-3H3. The van der Waals surface area contributed by atoms with E-state index in [4.69, 9.17) is 5.73 Å². The lowest BCUT2D eigenvalue weighted by atomic mass is 9.90. The number of aryl methyl sites for hydroxylation is 1. The van der Waals surface area contributed by atoms with Gasteiger partial charge in [-0.05, 0) is 49.1 Å². The number of rotatable bonds is 6. The van der Waals surface area contributed by atoms with E-state index in [1.165, 1.54) is 12.1 Å². The Bertz CT molecular complexity index is 542. The molecule has 4 nitrogen and oxygen atoms in total. The van der Waals surface area contributed by atoms with Gasteiger partial charge in [-0.25, -0.2) is 17.5 Å². The van der Waals surface area contributed by atoms with Gasteiger partial charge < -0.3 is 5.73 Å². The minimum atomic E-state index is -3.62. The van der Waals surface area contributed by atoms with Crippen LogP contribution in [0.3, 0.4) is 0 Å². The molecule has 0 bridgehead atoms. The van der Waals surface area contributed by atoms with Crippen molar-refractivity contribution in [3.05, 3.63) is 29.6 Å². The van der Waals surface area contributed by atoms with Gasteiger partial charge in [0.15, 0.2) is 0 Å². The summed E-state index contributed by atoms with van der Waals surface area (Å²) in [5, 5.41) is 0. The summed E-state index contributed by atoms with van der Waals surface area (Å²) in [6.07, 6.45) is 0.720. The molecule has 0 radical (unpaired) electrons. The Kier molecular flexibility index (Phi) is 5.06. The van der Waals surface area contributed by atoms with Gasteiger partial charge in [-0.2, -0.15) is 0 Å². The van der Waals surface area contributed by atoms with Crippen LogP contribution in [0, 0.1) is 18.2 Å². The second-order valence-corrected chi connectivity index (χ2v) is 7.17. The number of benzene rings is 1. The van der Waals surface area contributed by atoms with Gasteiger partial charge in [0.1, 0.15) is 5.82 Å². The van der Waals surface area contributed by atoms with Crippen LogP contribution >= 0.6 is 0 Å². The highest BCUT2D eigenvalue weighted by Crippen LogP contribution is 2.20. The number of nitrogens with one attached hydrogen (secondary N) is 1. The SMILES string of the molecule is Cc1cc(F)ccc1S(=O)(=O)NCC(C)(C)CCN. The first kappa shape index (κ1) is 16.1. The maximum Gasteiger partial charge on any atom is 0.240 e. The zero-order valence-corrected chi connectivity index (χ0v) is 12.3. The van der Waals surface area contributed by atoms with Crippen LogP contribution in [0.2, 0.25) is 0 Å². The minimum Gasteiger partial charge on any atom is -0.330 e. The third-order valence-electron chi connectivity index (χ3n) is 2.99. The quantitative estimate of drug-likeness (QED) is 0.838. The highest BCUT2D eigenvalue weighted by molar-refractivity contribution is 7.89. The molecule has 0 saturated carbocycles. The molecule has 1 rings (SSSR count). The smallest absolute Gasteiger partial charge is 0.240 e. The third-order valence-corrected chi connectivity index (χ3v) is 4.55. The Labute approximate surface area is 114 Å². The molecular formula is C13H21FN2O2S. The average molecular weight is 288 g/mol. The molecular weight excluding hydrogens is 267 g/mol. The van der Waals surface area contributed by atoms with Crippen molar-refractivity contribution in [3.8, 4) is 0 Å². The maximum atomic E-state index is 13.0. The van der Waals surface area contributed by atoms with Gasteiger partial charge in [0, 0.05) is 6.54 Å². The summed E-state index contributed by atoms with van der Waals surface area (Å²) in [5.41, 5.74) is 5.67. The van der Waals surface area contributed by atoms with E-state index in [-0.39, 0.29) is 10.3 Å². The first-order valence-electron chi connectivity index (χ1n) is 6.14. The molecule has 0 aliphatic carbocycles. The Morgan fingerprint density at radius 1 is 1.37 bits per heavy atom. The van der Waals surface area contributed by atoms with Crippen LogP contribution in [0.15, 0.2) is 23.1 Å². The van der Waals surface area contributed by atoms with E-state index < -0.39 is 15.8 Å². The van der Waals surface area contributed by atoms with Crippen molar-refractivity contribution in [2.75, 3.05) is 13.1 Å². The second-order valence-electron chi connectivity index (χ2n) is 5.44. The van der Waals surface area contributed by atoms with Crippen LogP contribution in [-0.4, -0.2) is 21.5 Å². The van der Waals surface area contributed by atoms with Crippen molar-refractivity contribution in [3.63, 3.8) is 0 Å². The van der Waals surface area contributed by atoms with Gasteiger partial charge in [-0.15, -0.1) is 0 Å². The van der Waals surface area contributed by atoms with E-state index in [1.54, 1.807) is 6.92 Å². The van der Waals surface area contributed by atoms with Crippen molar-refractivity contribution < 1.29 is 12.8 Å². The molecule has 0 unspecified atom stereocenters. The highest BCUT2D eigenvalue weighted by Gasteiger charge is 2.22. The van der Waals surface area contributed by atoms with Gasteiger partial charge in [0.2, 0.25) is 10.0 Å². The third kappa shape index (κ3) is 4.56. The summed E-state index contributed by atoms with van der Waals surface area (Å²) in [7, 11) is -3.62. The molecule has 0 amide bonds. The molecule has 0 aromatic heterocycles. The van der Waals surface area contributed by atoms with Crippen LogP contribution < -0.4 is 10.5 Å². The lowest BCUT2D eigenvalue weighted by Gasteiger charge is -2.24. The van der Waals surface area contributed by atoms with Gasteiger partial charge in [0.25, 0.3) is 0 Å². The van der Waals surface area contributed by atoms with Crippen molar-refractivity contribution in [2.24, 2.45) is 11.1 Å². The number of sulfonamides is 1. The number of hydrogen-bond acceptors (Lipinski definition) is 3. The van der Waals surface area contributed by atoms with Gasteiger partial charge in [-0.3, -0.25) is 0 Å². The van der Waals surface area contributed by atoms with Crippen LogP contribution in [0.1, 0.15) is 25.8 Å². The zero-order chi connectivity index (χ0) is 14.7. The maximum absolute atomic E-state index is 13.0. The summed E-state index contributed by atoms with van der Waals surface area (Å²) >= 11 is 0. The molecule has 0 fully saturated rings. The topological polar surface area (TPSA) is 72.2 Å². The molecule has 1 aromatic carbocycles. The van der Waals surface area contributed by atoms with E-state index in [0.29, 0.717) is 18.7 Å². The van der Waals surface area contributed by atoms with Crippen LogP contribution in [0.25, 0.3) is 0 Å². The van der Waals surface area contributed by atoms with E-state index in [0.717, 1.165) is 12.5 Å². The van der Waals surface area contributed by atoms with E-state index in [2.05, 4.69) is 4.72 Å². The molecule has 1 aromatic rings. The molecule has 108 valence electrons. The fourth-order valence-electron chi connectivity index (χ4n) is 1.76. The summed E-state index contributed by atoms with van der Waals surface area (Å²) < 4.78 is 39.8. The minimum absolute atomic E-state index is 0.109. The normalized spacial score (nSPS) is 12.7. The monoisotopic (exact) mass is 288 g/mol. The molecule has 0 atom stereocenters. The summed E-state index contributed by atoms with van der Waals surface area (Å²) in [4.78, 5) is 0.109. The predicted molar refractivity (Wildman–Crippen MR) is 73.8 cm³/mol. The molecule has 19 heavy (non-hydrogen) atoms. The van der Waals surface area contributed by atoms with Crippen molar-refractivity contribution in [2.45, 2.75) is 32.1 Å². The van der Waals surface area contributed by atoms with Crippen LogP contribution in [0.4, 0.5) is 4.39 Å². The van der Waals surface area contributed by atoms with E-state index in [9.17, 15) is 12.8 Å². The predicted octanol–water partition coefficient (Wildman–Crippen LogP) is 1.79. The van der Waals surface area contributed by atoms with E-state index in [1.807, 2.05) is 13.8 Å². The molecule has 0 spiro atoms. The zero-order valence-electron chi connectivity index (χ0n) is 11.5. The van der Waals surface area contributed by atoms with Crippen molar-refractivity contribution in [1.29, 1.82) is 0 Å². The average Bonchev–Trinajstić information content (AvgIpc) is 2.26. The van der Waals surface area contributed by atoms with E-state index >= 15 is 0 Å². The summed E-state index contributed by atoms with van der Waals surface area (Å²) in [6.45, 7) is 6.26. The Balaban J connectivity index is 2.87. The van der Waals surface area contributed by atoms with Crippen molar-refractivity contribution >= 4 is 10.0 Å². The second kappa shape index (κ2) is 5.98. The molecule has 0 aliphatic rings. The molecule has 0 aliphatic heterocycles. The van der Waals surface area contributed by atoms with Gasteiger partial charge in [0.05, 0.1) is 4.90 Å². The lowest BCUT2D eigenvalue weighted by molar-refractivity contribution is 0.340. The fourth-order valence-corrected chi connectivity index (χ4v) is 3.23. The lowest BCUT2D eigenvalue weighted by Crippen LogP contribution is -2.35.